The molecule has 58 valence electrons. The first-order chi connectivity index (χ1) is 5.13. The van der Waals surface area contributed by atoms with Crippen molar-refractivity contribution in [2.24, 2.45) is 0 Å². The number of furan rings is 1. The number of allylic oxidation sites excluding steroid dienone is 1. The molecular weight excluding hydrogens is 143 g/mol. The lowest BCUT2D eigenvalue weighted by Gasteiger charge is -1.89. The quantitative estimate of drug-likeness (QED) is 0.592. The van der Waals surface area contributed by atoms with Crippen LogP contribution >= 0.6 is 0 Å². The molecule has 0 saturated heterocycles. The van der Waals surface area contributed by atoms with Crippen molar-refractivity contribution >= 4 is 12.2 Å². The van der Waals surface area contributed by atoms with Gasteiger partial charge >= 0.3 is 0 Å². The number of rotatable bonds is 1. The molecule has 2 heteroatoms. The molecule has 0 unspecified atom stereocenters. The van der Waals surface area contributed by atoms with Gasteiger partial charge < -0.3 is 4.42 Å². The summed E-state index contributed by atoms with van der Waals surface area (Å²) >= 11 is 0. The molecular formula is C9H9FO. The molecule has 1 nitrogen and oxygen atoms in total. The van der Waals surface area contributed by atoms with E-state index in [0.717, 1.165) is 0 Å². The van der Waals surface area contributed by atoms with Crippen LogP contribution in [0.3, 0.4) is 0 Å². The molecule has 11 heavy (non-hydrogen) atoms. The topological polar surface area (TPSA) is 13.1 Å². The van der Waals surface area contributed by atoms with Gasteiger partial charge in [0.2, 0.25) is 0 Å². The van der Waals surface area contributed by atoms with E-state index in [1.807, 2.05) is 0 Å². The largest absolute Gasteiger partial charge is 0.465 e. The Bertz CT molecular complexity index is 373. The van der Waals surface area contributed by atoms with E-state index >= 15 is 0 Å². The lowest BCUT2D eigenvalue weighted by atomic mass is 10.2. The molecule has 0 saturated carbocycles. The van der Waals surface area contributed by atoms with Crippen LogP contribution in [-0.2, 0) is 0 Å². The van der Waals surface area contributed by atoms with Crippen LogP contribution in [0.25, 0.3) is 12.2 Å². The highest BCUT2D eigenvalue weighted by Gasteiger charge is 1.96. The molecule has 0 atom stereocenters. The molecule has 0 aliphatic rings. The highest BCUT2D eigenvalue weighted by molar-refractivity contribution is 5.56. The van der Waals surface area contributed by atoms with Gasteiger partial charge in [0.05, 0.1) is 6.26 Å². The Kier molecular flexibility index (Phi) is 1.94. The van der Waals surface area contributed by atoms with Gasteiger partial charge in [-0.1, -0.05) is 13.2 Å². The standard InChI is InChI=1S/C9H9FO/c1-6(7(2)10)9-4-5-11-8(9)3/h4-5H,2-3H2,1H3/b9-6-. The minimum atomic E-state index is -0.448. The van der Waals surface area contributed by atoms with Crippen molar-refractivity contribution in [2.45, 2.75) is 6.92 Å². The number of hydrogen-bond acceptors (Lipinski definition) is 1. The summed E-state index contributed by atoms with van der Waals surface area (Å²) in [5.41, 5.74) is 0.949. The highest BCUT2D eigenvalue weighted by Crippen LogP contribution is 2.04. The summed E-state index contributed by atoms with van der Waals surface area (Å²) in [6, 6.07) is 1.67. The summed E-state index contributed by atoms with van der Waals surface area (Å²) in [6.45, 7) is 8.41. The Morgan fingerprint density at radius 3 is 2.64 bits per heavy atom. The predicted molar refractivity (Wildman–Crippen MR) is 42.8 cm³/mol. The smallest absolute Gasteiger partial charge is 0.127 e. The van der Waals surface area contributed by atoms with Crippen LogP contribution in [0.1, 0.15) is 6.92 Å². The molecule has 1 aromatic rings. The van der Waals surface area contributed by atoms with Crippen molar-refractivity contribution in [3.05, 3.63) is 35.4 Å². The second-order valence-corrected chi connectivity index (χ2v) is 2.29. The third kappa shape index (κ3) is 1.40. The number of hydrogen-bond donors (Lipinski definition) is 0. The average Bonchev–Trinajstić information content (AvgIpc) is 2.33. The summed E-state index contributed by atoms with van der Waals surface area (Å²) in [7, 11) is 0. The van der Waals surface area contributed by atoms with E-state index in [2.05, 4.69) is 13.2 Å². The SMILES string of the molecule is C=C(F)/C(C)=c1/ccoc1=C. The fourth-order valence-corrected chi connectivity index (χ4v) is 0.821. The Hall–Kier alpha value is -1.31. The van der Waals surface area contributed by atoms with Gasteiger partial charge in [-0.05, 0) is 18.6 Å². The molecule has 1 heterocycles. The monoisotopic (exact) mass is 152 g/mol. The maximum absolute atomic E-state index is 12.5. The normalized spacial score (nSPS) is 12.9. The van der Waals surface area contributed by atoms with Gasteiger partial charge in [-0.25, -0.2) is 4.39 Å². The molecule has 0 amide bonds. The Morgan fingerprint density at radius 1 is 1.64 bits per heavy atom. The Morgan fingerprint density at radius 2 is 2.27 bits per heavy atom. The van der Waals surface area contributed by atoms with E-state index in [4.69, 9.17) is 4.42 Å². The summed E-state index contributed by atoms with van der Waals surface area (Å²) in [6.07, 6.45) is 1.48. The maximum Gasteiger partial charge on any atom is 0.127 e. The molecule has 0 N–H and O–H groups in total. The summed E-state index contributed by atoms with van der Waals surface area (Å²) in [5.74, 6) is -0.448. The van der Waals surface area contributed by atoms with Crippen LogP contribution in [0.5, 0.6) is 0 Å². The summed E-state index contributed by atoms with van der Waals surface area (Å²) in [5, 5.41) is 0.678. The van der Waals surface area contributed by atoms with Gasteiger partial charge in [0.25, 0.3) is 0 Å². The lowest BCUT2D eigenvalue weighted by Crippen LogP contribution is -2.19. The zero-order valence-corrected chi connectivity index (χ0v) is 6.36. The molecule has 0 aliphatic carbocycles. The van der Waals surface area contributed by atoms with Gasteiger partial charge in [-0.3, -0.25) is 0 Å². The van der Waals surface area contributed by atoms with Gasteiger partial charge in [0.1, 0.15) is 11.2 Å². The van der Waals surface area contributed by atoms with Crippen LogP contribution in [0.15, 0.2) is 29.2 Å². The molecule has 0 bridgehead atoms. The maximum atomic E-state index is 12.5. The van der Waals surface area contributed by atoms with Crippen LogP contribution in [-0.4, -0.2) is 0 Å². The minimum Gasteiger partial charge on any atom is -0.465 e. The van der Waals surface area contributed by atoms with Crippen molar-refractivity contribution in [2.75, 3.05) is 0 Å². The molecule has 0 aromatic carbocycles. The first-order valence-corrected chi connectivity index (χ1v) is 3.21. The highest BCUT2D eigenvalue weighted by atomic mass is 19.1. The summed E-state index contributed by atoms with van der Waals surface area (Å²) in [4.78, 5) is 0. The predicted octanol–water partition coefficient (Wildman–Crippen LogP) is 1.34. The zero-order valence-electron chi connectivity index (χ0n) is 6.36. The third-order valence-corrected chi connectivity index (χ3v) is 1.56. The zero-order chi connectivity index (χ0) is 8.43. The Labute approximate surface area is 64.1 Å². The number of halogens is 1. The fourth-order valence-electron chi connectivity index (χ4n) is 0.821. The Balaban J connectivity index is 3.50. The third-order valence-electron chi connectivity index (χ3n) is 1.56. The minimum absolute atomic E-state index is 0.448. The second-order valence-electron chi connectivity index (χ2n) is 2.29. The summed E-state index contributed by atoms with van der Waals surface area (Å²) < 4.78 is 17.4. The average molecular weight is 152 g/mol. The second kappa shape index (κ2) is 2.74. The van der Waals surface area contributed by atoms with E-state index in [9.17, 15) is 4.39 Å². The molecule has 0 fully saturated rings. The van der Waals surface area contributed by atoms with E-state index in [0.29, 0.717) is 16.2 Å². The van der Waals surface area contributed by atoms with E-state index < -0.39 is 5.83 Å². The van der Waals surface area contributed by atoms with Gasteiger partial charge in [0.15, 0.2) is 0 Å². The van der Waals surface area contributed by atoms with Crippen molar-refractivity contribution in [1.82, 2.24) is 0 Å². The molecule has 1 rings (SSSR count). The van der Waals surface area contributed by atoms with Crippen LogP contribution in [0.4, 0.5) is 4.39 Å². The van der Waals surface area contributed by atoms with Gasteiger partial charge in [-0.15, -0.1) is 0 Å². The first-order valence-electron chi connectivity index (χ1n) is 3.21. The molecule has 0 spiro atoms. The first kappa shape index (κ1) is 7.79. The van der Waals surface area contributed by atoms with Crippen molar-refractivity contribution in [3.8, 4) is 0 Å². The molecule has 0 radical (unpaired) electrons. The van der Waals surface area contributed by atoms with Crippen molar-refractivity contribution in [1.29, 1.82) is 0 Å². The molecule has 1 aromatic heterocycles. The fraction of sp³-hybridized carbons (Fsp3) is 0.111. The van der Waals surface area contributed by atoms with Crippen LogP contribution in [0.2, 0.25) is 0 Å². The lowest BCUT2D eigenvalue weighted by molar-refractivity contribution is 0.532. The van der Waals surface area contributed by atoms with E-state index in [1.54, 1.807) is 13.0 Å². The molecule has 0 aliphatic heterocycles. The van der Waals surface area contributed by atoms with Gasteiger partial charge in [-0.2, -0.15) is 0 Å². The van der Waals surface area contributed by atoms with Crippen molar-refractivity contribution in [3.63, 3.8) is 0 Å². The van der Waals surface area contributed by atoms with Crippen LogP contribution < -0.4 is 10.6 Å². The van der Waals surface area contributed by atoms with Crippen molar-refractivity contribution < 1.29 is 8.81 Å². The van der Waals surface area contributed by atoms with E-state index in [-0.39, 0.29) is 0 Å². The van der Waals surface area contributed by atoms with Crippen LogP contribution in [0, 0.1) is 0 Å². The van der Waals surface area contributed by atoms with E-state index in [1.165, 1.54) is 6.26 Å². The van der Waals surface area contributed by atoms with Gasteiger partial charge in [0, 0.05) is 5.22 Å².